The predicted molar refractivity (Wildman–Crippen MR) is 71.8 cm³/mol. The third-order valence-electron chi connectivity index (χ3n) is 4.05. The molecule has 0 heterocycles. The summed E-state index contributed by atoms with van der Waals surface area (Å²) in [7, 11) is 4.44. The van der Waals surface area contributed by atoms with E-state index in [4.69, 9.17) is 0 Å². The molecule has 0 spiro atoms. The van der Waals surface area contributed by atoms with Crippen molar-refractivity contribution in [3.63, 3.8) is 0 Å². The molecule has 1 rings (SSSR count). The van der Waals surface area contributed by atoms with Gasteiger partial charge in [0.05, 0.1) is 0 Å². The first-order chi connectivity index (χ1) is 7.54. The van der Waals surface area contributed by atoms with Gasteiger partial charge in [0, 0.05) is 11.6 Å². The fraction of sp³-hybridized carbons (Fsp3) is 0.857. The highest BCUT2D eigenvalue weighted by atomic mass is 15.2. The first-order valence-electron chi connectivity index (χ1n) is 6.61. The van der Waals surface area contributed by atoms with Crippen LogP contribution >= 0.6 is 0 Å². The fourth-order valence-corrected chi connectivity index (χ4v) is 3.19. The first kappa shape index (κ1) is 13.7. The molecular formula is C14H28N2. The van der Waals surface area contributed by atoms with E-state index in [1.165, 1.54) is 37.7 Å². The predicted octanol–water partition coefficient (Wildman–Crippen LogP) is 2.81. The molecule has 0 radical (unpaired) electrons. The van der Waals surface area contributed by atoms with Gasteiger partial charge in [-0.05, 0) is 40.4 Å². The van der Waals surface area contributed by atoms with Gasteiger partial charge in [-0.1, -0.05) is 38.3 Å². The van der Waals surface area contributed by atoms with Crippen LogP contribution in [0.5, 0.6) is 0 Å². The molecule has 1 aliphatic rings. The lowest BCUT2D eigenvalue weighted by molar-refractivity contribution is 0.0705. The van der Waals surface area contributed by atoms with E-state index in [0.717, 1.165) is 6.54 Å². The Morgan fingerprint density at radius 1 is 1.31 bits per heavy atom. The summed E-state index contributed by atoms with van der Waals surface area (Å²) < 4.78 is 0. The topological polar surface area (TPSA) is 15.3 Å². The number of hydrogen-bond acceptors (Lipinski definition) is 2. The molecule has 1 fully saturated rings. The van der Waals surface area contributed by atoms with Gasteiger partial charge in [-0.3, -0.25) is 0 Å². The normalized spacial score (nSPS) is 22.1. The molecule has 1 saturated carbocycles. The third-order valence-corrected chi connectivity index (χ3v) is 4.05. The van der Waals surface area contributed by atoms with Crippen LogP contribution in [0.15, 0.2) is 12.2 Å². The van der Waals surface area contributed by atoms with E-state index in [-0.39, 0.29) is 0 Å². The summed E-state index contributed by atoms with van der Waals surface area (Å²) in [4.78, 5) is 2.42. The summed E-state index contributed by atoms with van der Waals surface area (Å²) in [5, 5.41) is 3.63. The van der Waals surface area contributed by atoms with Crippen LogP contribution in [0.2, 0.25) is 0 Å². The lowest BCUT2D eigenvalue weighted by Crippen LogP contribution is -2.60. The molecule has 1 unspecified atom stereocenters. The van der Waals surface area contributed by atoms with Gasteiger partial charge in [-0.25, -0.2) is 0 Å². The smallest absolute Gasteiger partial charge is 0.0460 e. The molecule has 0 bridgehead atoms. The van der Waals surface area contributed by atoms with Crippen LogP contribution in [0.4, 0.5) is 0 Å². The summed E-state index contributed by atoms with van der Waals surface area (Å²) in [5.74, 6) is 0. The Hall–Kier alpha value is -0.340. The summed E-state index contributed by atoms with van der Waals surface area (Å²) in [5.41, 5.74) is 1.57. The second-order valence-electron chi connectivity index (χ2n) is 5.40. The van der Waals surface area contributed by atoms with Crippen molar-refractivity contribution in [1.82, 2.24) is 10.2 Å². The number of nitrogens with one attached hydrogen (secondary N) is 1. The zero-order chi connectivity index (χ0) is 12.2. The lowest BCUT2D eigenvalue weighted by Gasteiger charge is -2.49. The average Bonchev–Trinajstić information content (AvgIpc) is 2.26. The van der Waals surface area contributed by atoms with Gasteiger partial charge in [0.2, 0.25) is 0 Å². The van der Waals surface area contributed by atoms with Crippen molar-refractivity contribution in [1.29, 1.82) is 0 Å². The Balaban J connectivity index is 2.92. The van der Waals surface area contributed by atoms with E-state index in [2.05, 4.69) is 44.7 Å². The van der Waals surface area contributed by atoms with Crippen LogP contribution in [0, 0.1) is 0 Å². The minimum atomic E-state index is 0.292. The van der Waals surface area contributed by atoms with Crippen LogP contribution in [-0.4, -0.2) is 37.1 Å². The summed E-state index contributed by atoms with van der Waals surface area (Å²) >= 11 is 0. The van der Waals surface area contributed by atoms with E-state index in [0.29, 0.717) is 11.6 Å². The fourth-order valence-electron chi connectivity index (χ4n) is 3.19. The number of hydrogen-bond donors (Lipinski definition) is 1. The molecule has 0 saturated heterocycles. The van der Waals surface area contributed by atoms with E-state index >= 15 is 0 Å². The SMILES string of the molecule is C=C(C)C(NCC)C1(N(C)C)CCCCC1. The summed E-state index contributed by atoms with van der Waals surface area (Å²) in [6.07, 6.45) is 6.69. The maximum Gasteiger partial charge on any atom is 0.0460 e. The Bertz CT molecular complexity index is 227. The zero-order valence-corrected chi connectivity index (χ0v) is 11.5. The molecule has 94 valence electrons. The van der Waals surface area contributed by atoms with Gasteiger partial charge < -0.3 is 10.2 Å². The van der Waals surface area contributed by atoms with E-state index in [1.54, 1.807) is 0 Å². The van der Waals surface area contributed by atoms with E-state index in [1.807, 2.05) is 0 Å². The minimum Gasteiger partial charge on any atom is -0.309 e. The Labute approximate surface area is 101 Å². The second-order valence-corrected chi connectivity index (χ2v) is 5.40. The Morgan fingerprint density at radius 2 is 1.88 bits per heavy atom. The molecule has 2 heteroatoms. The molecule has 1 N–H and O–H groups in total. The molecule has 16 heavy (non-hydrogen) atoms. The number of likely N-dealkylation sites (N-methyl/N-ethyl adjacent to an activating group) is 2. The largest absolute Gasteiger partial charge is 0.309 e. The van der Waals surface area contributed by atoms with E-state index in [9.17, 15) is 0 Å². The van der Waals surface area contributed by atoms with Crippen molar-refractivity contribution in [3.8, 4) is 0 Å². The molecule has 0 aromatic heterocycles. The molecular weight excluding hydrogens is 196 g/mol. The van der Waals surface area contributed by atoms with Crippen LogP contribution < -0.4 is 5.32 Å². The third kappa shape index (κ3) is 2.67. The zero-order valence-electron chi connectivity index (χ0n) is 11.5. The summed E-state index contributed by atoms with van der Waals surface area (Å²) in [6.45, 7) is 9.55. The van der Waals surface area contributed by atoms with Crippen molar-refractivity contribution < 1.29 is 0 Å². The maximum atomic E-state index is 4.19. The second kappa shape index (κ2) is 5.83. The monoisotopic (exact) mass is 224 g/mol. The standard InChI is InChI=1S/C14H28N2/c1-6-15-13(12(2)3)14(16(4)5)10-8-7-9-11-14/h13,15H,2,6-11H2,1,3-5H3. The molecule has 0 aromatic carbocycles. The number of rotatable bonds is 5. The van der Waals surface area contributed by atoms with Gasteiger partial charge in [-0.15, -0.1) is 0 Å². The van der Waals surface area contributed by atoms with Crippen LogP contribution in [0.3, 0.4) is 0 Å². The Morgan fingerprint density at radius 3 is 2.25 bits per heavy atom. The van der Waals surface area contributed by atoms with Crippen LogP contribution in [0.25, 0.3) is 0 Å². The minimum absolute atomic E-state index is 0.292. The molecule has 0 aromatic rings. The van der Waals surface area contributed by atoms with Gasteiger partial charge in [-0.2, -0.15) is 0 Å². The van der Waals surface area contributed by atoms with Crippen molar-refractivity contribution in [2.45, 2.75) is 57.5 Å². The first-order valence-corrected chi connectivity index (χ1v) is 6.61. The maximum absolute atomic E-state index is 4.19. The quantitative estimate of drug-likeness (QED) is 0.722. The molecule has 0 aliphatic heterocycles. The van der Waals surface area contributed by atoms with Crippen molar-refractivity contribution in [2.24, 2.45) is 0 Å². The van der Waals surface area contributed by atoms with Gasteiger partial charge in [0.25, 0.3) is 0 Å². The number of nitrogens with zero attached hydrogens (tertiary/aromatic N) is 1. The van der Waals surface area contributed by atoms with Crippen LogP contribution in [-0.2, 0) is 0 Å². The molecule has 2 nitrogen and oxygen atoms in total. The highest BCUT2D eigenvalue weighted by molar-refractivity contribution is 5.15. The summed E-state index contributed by atoms with van der Waals surface area (Å²) in [6, 6.07) is 0.438. The molecule has 1 aliphatic carbocycles. The van der Waals surface area contributed by atoms with Gasteiger partial charge in [0.1, 0.15) is 0 Å². The van der Waals surface area contributed by atoms with Crippen molar-refractivity contribution >= 4 is 0 Å². The van der Waals surface area contributed by atoms with Crippen molar-refractivity contribution in [3.05, 3.63) is 12.2 Å². The average molecular weight is 224 g/mol. The molecule has 0 amide bonds. The highest BCUT2D eigenvalue weighted by Crippen LogP contribution is 2.37. The van der Waals surface area contributed by atoms with Crippen LogP contribution in [0.1, 0.15) is 46.0 Å². The lowest BCUT2D eigenvalue weighted by atomic mass is 9.73. The molecule has 1 atom stereocenters. The van der Waals surface area contributed by atoms with Gasteiger partial charge in [0.15, 0.2) is 0 Å². The van der Waals surface area contributed by atoms with Crippen molar-refractivity contribution in [2.75, 3.05) is 20.6 Å². The van der Waals surface area contributed by atoms with E-state index < -0.39 is 0 Å². The Kier molecular flexibility index (Phi) is 5.00. The van der Waals surface area contributed by atoms with Gasteiger partial charge >= 0.3 is 0 Å². The highest BCUT2D eigenvalue weighted by Gasteiger charge is 2.41.